The Kier molecular flexibility index (Phi) is 12.2. The molecule has 1 heterocycles. The molecular formula is C26H45N5O9. The quantitative estimate of drug-likeness (QED) is 0.154. The van der Waals surface area contributed by atoms with Crippen LogP contribution in [0, 0.1) is 0 Å². The lowest BCUT2D eigenvalue weighted by molar-refractivity contribution is -0.149. The SMILES string of the molecule is CC(C)(C)OC(=O)NC(=NCCC[C@H](NC(=O)OC(C)(C)C)C(=O)N1CCC[C@H]1C(=O)O)NC(=O)OC(C)(C)C. The number of hydrogen-bond donors (Lipinski definition) is 4. The molecule has 14 heteroatoms. The van der Waals surface area contributed by atoms with Gasteiger partial charge in [-0.25, -0.2) is 19.2 Å². The van der Waals surface area contributed by atoms with Crippen molar-refractivity contribution < 1.29 is 43.3 Å². The molecule has 40 heavy (non-hydrogen) atoms. The molecule has 14 nitrogen and oxygen atoms in total. The van der Waals surface area contributed by atoms with Crippen LogP contribution in [0.25, 0.3) is 0 Å². The first-order valence-electron chi connectivity index (χ1n) is 13.2. The second-order valence-corrected chi connectivity index (χ2v) is 12.4. The van der Waals surface area contributed by atoms with Crippen LogP contribution in [0.4, 0.5) is 14.4 Å². The molecule has 1 fully saturated rings. The zero-order chi connectivity index (χ0) is 30.9. The van der Waals surface area contributed by atoms with Crippen LogP contribution in [-0.4, -0.2) is 88.1 Å². The number of hydrogen-bond acceptors (Lipinski definition) is 9. The lowest BCUT2D eigenvalue weighted by Crippen LogP contribution is -2.52. The van der Waals surface area contributed by atoms with Crippen molar-refractivity contribution in [2.45, 2.75) is 117 Å². The van der Waals surface area contributed by atoms with E-state index in [9.17, 15) is 29.1 Å². The van der Waals surface area contributed by atoms with Crippen LogP contribution in [0.2, 0.25) is 0 Å². The van der Waals surface area contributed by atoms with Crippen molar-refractivity contribution in [1.82, 2.24) is 20.9 Å². The first kappa shape index (κ1) is 34.4. The molecule has 4 N–H and O–H groups in total. The van der Waals surface area contributed by atoms with Gasteiger partial charge in [-0.05, 0) is 88.0 Å². The summed E-state index contributed by atoms with van der Waals surface area (Å²) in [6, 6.07) is -2.05. The molecule has 0 unspecified atom stereocenters. The number of nitrogens with zero attached hydrogens (tertiary/aromatic N) is 2. The van der Waals surface area contributed by atoms with Crippen molar-refractivity contribution in [3.05, 3.63) is 0 Å². The van der Waals surface area contributed by atoms with Crippen LogP contribution in [0.15, 0.2) is 4.99 Å². The molecule has 0 spiro atoms. The van der Waals surface area contributed by atoms with Gasteiger partial charge in [-0.1, -0.05) is 0 Å². The van der Waals surface area contributed by atoms with Gasteiger partial charge in [0.05, 0.1) is 0 Å². The normalized spacial score (nSPS) is 16.3. The smallest absolute Gasteiger partial charge is 0.414 e. The number of carbonyl (C=O) groups excluding carboxylic acids is 4. The third kappa shape index (κ3) is 14.0. The molecule has 1 rings (SSSR count). The Morgan fingerprint density at radius 1 is 0.850 bits per heavy atom. The summed E-state index contributed by atoms with van der Waals surface area (Å²) in [6.07, 6.45) is -1.38. The average Bonchev–Trinajstić information content (AvgIpc) is 3.21. The predicted molar refractivity (Wildman–Crippen MR) is 146 cm³/mol. The number of nitrogens with one attached hydrogen (secondary N) is 3. The van der Waals surface area contributed by atoms with Crippen molar-refractivity contribution >= 4 is 36.1 Å². The second kappa shape index (κ2) is 14.2. The maximum atomic E-state index is 13.3. The van der Waals surface area contributed by atoms with E-state index in [0.717, 1.165) is 0 Å². The van der Waals surface area contributed by atoms with Crippen LogP contribution in [0.3, 0.4) is 0 Å². The van der Waals surface area contributed by atoms with E-state index >= 15 is 0 Å². The summed E-state index contributed by atoms with van der Waals surface area (Å²) in [5.41, 5.74) is -2.41. The number of rotatable bonds is 7. The molecule has 0 aromatic rings. The van der Waals surface area contributed by atoms with Gasteiger partial charge in [0.1, 0.15) is 28.9 Å². The van der Waals surface area contributed by atoms with Gasteiger partial charge in [-0.3, -0.25) is 20.4 Å². The number of ether oxygens (including phenoxy) is 3. The number of aliphatic carboxylic acids is 1. The Balaban J connectivity index is 3.02. The minimum Gasteiger partial charge on any atom is -0.480 e. The van der Waals surface area contributed by atoms with Crippen LogP contribution in [0.5, 0.6) is 0 Å². The highest BCUT2D eigenvalue weighted by atomic mass is 16.6. The molecule has 0 bridgehead atoms. The zero-order valence-electron chi connectivity index (χ0n) is 25.0. The molecule has 1 aliphatic heterocycles. The monoisotopic (exact) mass is 571 g/mol. The summed E-state index contributed by atoms with van der Waals surface area (Å²) >= 11 is 0. The van der Waals surface area contributed by atoms with Crippen molar-refractivity contribution in [2.24, 2.45) is 4.99 Å². The van der Waals surface area contributed by atoms with Crippen LogP contribution >= 0.6 is 0 Å². The Hall–Kier alpha value is -3.58. The summed E-state index contributed by atoms with van der Waals surface area (Å²) < 4.78 is 15.7. The third-order valence-electron chi connectivity index (χ3n) is 4.97. The molecule has 228 valence electrons. The molecule has 2 atom stereocenters. The lowest BCUT2D eigenvalue weighted by Gasteiger charge is -2.28. The van der Waals surface area contributed by atoms with E-state index in [1.807, 2.05) is 0 Å². The van der Waals surface area contributed by atoms with Crippen molar-refractivity contribution in [3.8, 4) is 0 Å². The van der Waals surface area contributed by atoms with E-state index in [4.69, 9.17) is 14.2 Å². The number of carboxylic acids is 1. The molecule has 1 aliphatic rings. The molecule has 0 saturated carbocycles. The van der Waals surface area contributed by atoms with E-state index in [-0.39, 0.29) is 31.9 Å². The zero-order valence-corrected chi connectivity index (χ0v) is 25.0. The predicted octanol–water partition coefficient (Wildman–Crippen LogP) is 3.14. The number of alkyl carbamates (subject to hydrolysis) is 3. The van der Waals surface area contributed by atoms with Gasteiger partial charge >= 0.3 is 24.2 Å². The lowest BCUT2D eigenvalue weighted by atomic mass is 10.1. The first-order valence-corrected chi connectivity index (χ1v) is 13.2. The maximum Gasteiger partial charge on any atom is 0.414 e. The Morgan fingerprint density at radius 3 is 1.77 bits per heavy atom. The van der Waals surface area contributed by atoms with Crippen molar-refractivity contribution in [3.63, 3.8) is 0 Å². The van der Waals surface area contributed by atoms with E-state index in [0.29, 0.717) is 12.8 Å². The van der Waals surface area contributed by atoms with Crippen LogP contribution in [-0.2, 0) is 23.8 Å². The summed E-state index contributed by atoms with van der Waals surface area (Å²) in [7, 11) is 0. The van der Waals surface area contributed by atoms with Gasteiger partial charge in [0.2, 0.25) is 11.9 Å². The highest BCUT2D eigenvalue weighted by Crippen LogP contribution is 2.20. The molecule has 4 amide bonds. The number of likely N-dealkylation sites (tertiary alicyclic amines) is 1. The Labute approximate surface area is 235 Å². The number of carboxylic acid groups (broad SMARTS) is 1. The topological polar surface area (TPSA) is 185 Å². The minimum absolute atomic E-state index is 0.0169. The van der Waals surface area contributed by atoms with Gasteiger partial charge in [-0.2, -0.15) is 0 Å². The second-order valence-electron chi connectivity index (χ2n) is 12.4. The fourth-order valence-electron chi connectivity index (χ4n) is 3.59. The highest BCUT2D eigenvalue weighted by molar-refractivity contribution is 6.01. The summed E-state index contributed by atoms with van der Waals surface area (Å²) in [5.74, 6) is -1.88. The van der Waals surface area contributed by atoms with E-state index in [2.05, 4.69) is 20.9 Å². The average molecular weight is 572 g/mol. The van der Waals surface area contributed by atoms with Gasteiger partial charge in [-0.15, -0.1) is 0 Å². The Morgan fingerprint density at radius 2 is 1.32 bits per heavy atom. The summed E-state index contributed by atoms with van der Waals surface area (Å²) in [4.78, 5) is 67.3. The molecular weight excluding hydrogens is 526 g/mol. The third-order valence-corrected chi connectivity index (χ3v) is 4.97. The minimum atomic E-state index is -1.11. The molecule has 0 aromatic heterocycles. The van der Waals surface area contributed by atoms with Gasteiger partial charge in [0, 0.05) is 13.1 Å². The van der Waals surface area contributed by atoms with Crippen molar-refractivity contribution in [2.75, 3.05) is 13.1 Å². The number of aliphatic imine (C=N–C) groups is 1. The number of amides is 4. The van der Waals surface area contributed by atoms with Gasteiger partial charge in [0.15, 0.2) is 0 Å². The van der Waals surface area contributed by atoms with Crippen LogP contribution < -0.4 is 16.0 Å². The van der Waals surface area contributed by atoms with E-state index < -0.39 is 59.0 Å². The van der Waals surface area contributed by atoms with E-state index in [1.165, 1.54) is 4.90 Å². The Bertz CT molecular complexity index is 929. The number of guanidine groups is 1. The van der Waals surface area contributed by atoms with Gasteiger partial charge in [0.25, 0.3) is 0 Å². The fraction of sp³-hybridized carbons (Fsp3) is 0.769. The van der Waals surface area contributed by atoms with E-state index in [1.54, 1.807) is 62.3 Å². The highest BCUT2D eigenvalue weighted by Gasteiger charge is 2.38. The molecule has 0 aliphatic carbocycles. The van der Waals surface area contributed by atoms with Crippen LogP contribution in [0.1, 0.15) is 88.0 Å². The summed E-state index contributed by atoms with van der Waals surface area (Å²) in [5, 5.41) is 16.8. The molecule has 0 radical (unpaired) electrons. The fourth-order valence-corrected chi connectivity index (χ4v) is 3.59. The standard InChI is InChI=1S/C26H45N5O9/c1-24(2,3)38-21(35)28-16(18(32)31-15-11-13-17(31)19(33)34)12-10-14-27-20(29-22(36)39-25(4,5)6)30-23(37)40-26(7,8)9/h16-17H,10-15H2,1-9H3,(H,28,35)(H,33,34)(H2,27,29,30,36,37)/t16-,17-/m0/s1. The molecule has 1 saturated heterocycles. The number of carbonyl (C=O) groups is 5. The largest absolute Gasteiger partial charge is 0.480 e. The molecule has 0 aromatic carbocycles. The van der Waals surface area contributed by atoms with Crippen molar-refractivity contribution in [1.29, 1.82) is 0 Å². The first-order chi connectivity index (χ1) is 18.2. The summed E-state index contributed by atoms with van der Waals surface area (Å²) in [6.45, 7) is 15.4. The van der Waals surface area contributed by atoms with Gasteiger partial charge < -0.3 is 29.5 Å². The maximum absolute atomic E-state index is 13.3.